The lowest BCUT2D eigenvalue weighted by Crippen LogP contribution is -2.25. The Morgan fingerprint density at radius 2 is 2.31 bits per heavy atom. The number of H-pyrrole nitrogens is 1. The summed E-state index contributed by atoms with van der Waals surface area (Å²) in [7, 11) is 0. The summed E-state index contributed by atoms with van der Waals surface area (Å²) in [5.41, 5.74) is 0.154. The maximum atomic E-state index is 11.9. The molecule has 0 bridgehead atoms. The van der Waals surface area contributed by atoms with E-state index < -0.39 is 11.5 Å². The molecule has 2 aromatic heterocycles. The molecule has 0 atom stereocenters. The fourth-order valence-electron chi connectivity index (χ4n) is 1.83. The third-order valence-electron chi connectivity index (χ3n) is 2.75. The average molecular weight is 219 g/mol. The molecular formula is C10H9N3O3. The zero-order chi connectivity index (χ0) is 11.3. The zero-order valence-corrected chi connectivity index (χ0v) is 8.30. The molecule has 1 saturated carbocycles. The molecule has 0 radical (unpaired) electrons. The molecule has 6 nitrogen and oxygen atoms in total. The van der Waals surface area contributed by atoms with Crippen LogP contribution in [-0.2, 0) is 0 Å². The van der Waals surface area contributed by atoms with Crippen LogP contribution in [0.3, 0.4) is 0 Å². The third-order valence-corrected chi connectivity index (χ3v) is 2.75. The summed E-state index contributed by atoms with van der Waals surface area (Å²) >= 11 is 0. The van der Waals surface area contributed by atoms with Gasteiger partial charge < -0.3 is 5.11 Å². The van der Waals surface area contributed by atoms with Gasteiger partial charge in [0.1, 0.15) is 5.56 Å². The number of aromatic carboxylic acids is 1. The molecule has 1 aliphatic rings. The normalized spacial score (nSPS) is 15.5. The molecule has 0 amide bonds. The van der Waals surface area contributed by atoms with Crippen LogP contribution >= 0.6 is 0 Å². The van der Waals surface area contributed by atoms with E-state index in [9.17, 15) is 9.59 Å². The Kier molecular flexibility index (Phi) is 1.68. The highest BCUT2D eigenvalue weighted by Gasteiger charge is 2.32. The van der Waals surface area contributed by atoms with Crippen molar-refractivity contribution in [1.82, 2.24) is 14.6 Å². The molecule has 2 aromatic rings. The number of rotatable bonds is 2. The molecule has 0 saturated heterocycles. The van der Waals surface area contributed by atoms with E-state index in [-0.39, 0.29) is 11.5 Å². The number of hydrogen-bond acceptors (Lipinski definition) is 3. The van der Waals surface area contributed by atoms with Crippen LogP contribution in [0.1, 0.15) is 34.8 Å². The van der Waals surface area contributed by atoms with E-state index in [0.717, 1.165) is 17.4 Å². The van der Waals surface area contributed by atoms with E-state index in [1.54, 1.807) is 12.3 Å². The lowest BCUT2D eigenvalue weighted by Gasteiger charge is -2.03. The number of carbonyl (C=O) groups is 1. The minimum Gasteiger partial charge on any atom is -0.477 e. The minimum absolute atomic E-state index is 0.138. The number of aromatic amines is 1. The van der Waals surface area contributed by atoms with Gasteiger partial charge in [-0.25, -0.2) is 14.3 Å². The van der Waals surface area contributed by atoms with Crippen LogP contribution in [0.2, 0.25) is 0 Å². The molecule has 1 fully saturated rings. The van der Waals surface area contributed by atoms with Crippen molar-refractivity contribution in [2.45, 2.75) is 18.8 Å². The first kappa shape index (κ1) is 9.14. The Morgan fingerprint density at radius 3 is 2.94 bits per heavy atom. The van der Waals surface area contributed by atoms with E-state index in [4.69, 9.17) is 5.11 Å². The summed E-state index contributed by atoms with van der Waals surface area (Å²) in [5, 5.41) is 11.7. The number of carboxylic acids is 1. The van der Waals surface area contributed by atoms with Gasteiger partial charge in [-0.2, -0.15) is 0 Å². The van der Waals surface area contributed by atoms with Crippen LogP contribution in [0.25, 0.3) is 5.65 Å². The molecule has 0 aromatic carbocycles. The molecule has 16 heavy (non-hydrogen) atoms. The quantitative estimate of drug-likeness (QED) is 0.774. The Morgan fingerprint density at radius 1 is 1.56 bits per heavy atom. The van der Waals surface area contributed by atoms with Crippen molar-refractivity contribution in [3.8, 4) is 0 Å². The standard InChI is InChI=1S/C10H9N3O3/c14-9-7(10(15)16)8(5-1-2-5)12-6-3-4-11-13(6)9/h3-5,11H,1-2H2,(H,15,16). The Hall–Kier alpha value is -2.11. The molecule has 2 heterocycles. The predicted molar refractivity (Wildman–Crippen MR) is 54.7 cm³/mol. The summed E-state index contributed by atoms with van der Waals surface area (Å²) < 4.78 is 1.15. The summed E-state index contributed by atoms with van der Waals surface area (Å²) in [4.78, 5) is 27.2. The van der Waals surface area contributed by atoms with Gasteiger partial charge in [0.15, 0.2) is 5.65 Å². The van der Waals surface area contributed by atoms with Gasteiger partial charge in [-0.15, -0.1) is 0 Å². The average Bonchev–Trinajstić information content (AvgIpc) is 2.96. The van der Waals surface area contributed by atoms with Crippen molar-refractivity contribution in [2.24, 2.45) is 0 Å². The lowest BCUT2D eigenvalue weighted by atomic mass is 10.1. The topological polar surface area (TPSA) is 87.5 Å². The summed E-state index contributed by atoms with van der Waals surface area (Å²) in [5.74, 6) is -1.07. The first-order valence-corrected chi connectivity index (χ1v) is 5.02. The SMILES string of the molecule is O=C(O)c1c(C2CC2)nc2cc[nH]n2c1=O. The highest BCUT2D eigenvalue weighted by atomic mass is 16.4. The number of carboxylic acid groups (broad SMARTS) is 1. The fraction of sp³-hybridized carbons (Fsp3) is 0.300. The van der Waals surface area contributed by atoms with Gasteiger partial charge >= 0.3 is 5.97 Å². The van der Waals surface area contributed by atoms with Crippen molar-refractivity contribution in [1.29, 1.82) is 0 Å². The molecule has 0 spiro atoms. The second-order valence-corrected chi connectivity index (χ2v) is 3.91. The number of nitrogens with zero attached hydrogens (tertiary/aromatic N) is 2. The van der Waals surface area contributed by atoms with Crippen molar-refractivity contribution < 1.29 is 9.90 Å². The van der Waals surface area contributed by atoms with Gasteiger partial charge in [0.25, 0.3) is 5.56 Å². The highest BCUT2D eigenvalue weighted by Crippen LogP contribution is 2.40. The first-order chi connectivity index (χ1) is 7.68. The van der Waals surface area contributed by atoms with Crippen LogP contribution in [0.4, 0.5) is 0 Å². The largest absolute Gasteiger partial charge is 0.477 e. The summed E-state index contributed by atoms with van der Waals surface area (Å²) in [6.07, 6.45) is 3.38. The maximum Gasteiger partial charge on any atom is 0.343 e. The Labute approximate surface area is 89.5 Å². The summed E-state index contributed by atoms with van der Waals surface area (Å²) in [6.45, 7) is 0. The van der Waals surface area contributed by atoms with Crippen LogP contribution in [-0.4, -0.2) is 25.7 Å². The van der Waals surface area contributed by atoms with E-state index in [2.05, 4.69) is 10.1 Å². The van der Waals surface area contributed by atoms with E-state index in [1.807, 2.05) is 0 Å². The van der Waals surface area contributed by atoms with Gasteiger partial charge in [-0.05, 0) is 12.8 Å². The number of nitrogens with one attached hydrogen (secondary N) is 1. The van der Waals surface area contributed by atoms with Crippen molar-refractivity contribution in [3.63, 3.8) is 0 Å². The minimum atomic E-state index is -1.21. The van der Waals surface area contributed by atoms with Crippen molar-refractivity contribution >= 4 is 11.6 Å². The van der Waals surface area contributed by atoms with Gasteiger partial charge in [-0.1, -0.05) is 0 Å². The van der Waals surface area contributed by atoms with Crippen molar-refractivity contribution in [3.05, 3.63) is 33.9 Å². The Bertz CT molecular complexity index is 636. The van der Waals surface area contributed by atoms with Gasteiger partial charge in [0, 0.05) is 18.2 Å². The zero-order valence-electron chi connectivity index (χ0n) is 8.30. The summed E-state index contributed by atoms with van der Waals surface area (Å²) in [6, 6.07) is 1.65. The molecule has 3 rings (SSSR count). The third kappa shape index (κ3) is 1.16. The monoisotopic (exact) mass is 219 g/mol. The highest BCUT2D eigenvalue weighted by molar-refractivity contribution is 5.89. The lowest BCUT2D eigenvalue weighted by molar-refractivity contribution is 0.0692. The predicted octanol–water partition coefficient (Wildman–Crippen LogP) is 0.598. The maximum absolute atomic E-state index is 11.9. The van der Waals surface area contributed by atoms with Crippen molar-refractivity contribution in [2.75, 3.05) is 0 Å². The number of aromatic nitrogens is 3. The Balaban J connectivity index is 2.41. The molecule has 0 aliphatic heterocycles. The van der Waals surface area contributed by atoms with Gasteiger partial charge in [0.05, 0.1) is 5.69 Å². The van der Waals surface area contributed by atoms with Crippen LogP contribution in [0.5, 0.6) is 0 Å². The van der Waals surface area contributed by atoms with Crippen LogP contribution in [0, 0.1) is 0 Å². The van der Waals surface area contributed by atoms with Crippen LogP contribution in [0.15, 0.2) is 17.1 Å². The number of hydrogen-bond donors (Lipinski definition) is 2. The van der Waals surface area contributed by atoms with Gasteiger partial charge in [0.2, 0.25) is 0 Å². The molecule has 82 valence electrons. The first-order valence-electron chi connectivity index (χ1n) is 5.02. The van der Waals surface area contributed by atoms with Gasteiger partial charge in [-0.3, -0.25) is 9.89 Å². The molecular weight excluding hydrogens is 210 g/mol. The van der Waals surface area contributed by atoms with E-state index >= 15 is 0 Å². The van der Waals surface area contributed by atoms with E-state index in [0.29, 0.717) is 11.3 Å². The molecule has 0 unspecified atom stereocenters. The molecule has 1 aliphatic carbocycles. The smallest absolute Gasteiger partial charge is 0.343 e. The number of fused-ring (bicyclic) bond motifs is 1. The molecule has 2 N–H and O–H groups in total. The molecule has 6 heteroatoms. The fourth-order valence-corrected chi connectivity index (χ4v) is 1.83. The van der Waals surface area contributed by atoms with E-state index in [1.165, 1.54) is 0 Å². The second kappa shape index (κ2) is 2.94. The second-order valence-electron chi connectivity index (χ2n) is 3.91. The van der Waals surface area contributed by atoms with Crippen LogP contribution < -0.4 is 5.56 Å².